The Bertz CT molecular complexity index is 1050. The van der Waals surface area contributed by atoms with Crippen molar-refractivity contribution in [2.24, 2.45) is 11.7 Å². The van der Waals surface area contributed by atoms with Gasteiger partial charge in [-0.3, -0.25) is 14.4 Å². The molecule has 176 valence electrons. The van der Waals surface area contributed by atoms with E-state index in [0.717, 1.165) is 56.3 Å². The van der Waals surface area contributed by atoms with Gasteiger partial charge in [0.25, 0.3) is 5.91 Å². The molecule has 1 atom stereocenters. The molecule has 4 N–H and O–H groups in total. The fourth-order valence-electron chi connectivity index (χ4n) is 4.68. The van der Waals surface area contributed by atoms with E-state index in [1.165, 1.54) is 16.2 Å². The highest BCUT2D eigenvalue weighted by atomic mass is 32.1. The van der Waals surface area contributed by atoms with E-state index >= 15 is 0 Å². The van der Waals surface area contributed by atoms with Gasteiger partial charge in [-0.15, -0.1) is 11.3 Å². The third-order valence-electron chi connectivity index (χ3n) is 6.34. The molecule has 4 rings (SSSR count). The third-order valence-corrected chi connectivity index (χ3v) is 7.55. The number of thiophene rings is 1. The predicted octanol–water partition coefficient (Wildman–Crippen LogP) is 3.11. The first-order chi connectivity index (χ1) is 15.9. The Kier molecular flexibility index (Phi) is 7.39. The molecule has 1 saturated heterocycles. The van der Waals surface area contributed by atoms with Crippen LogP contribution in [0.5, 0.6) is 0 Å². The number of fused-ring (bicyclic) bond motifs is 1. The zero-order valence-electron chi connectivity index (χ0n) is 19.0. The van der Waals surface area contributed by atoms with Gasteiger partial charge in [0.05, 0.1) is 11.5 Å². The molecule has 3 amide bonds. The van der Waals surface area contributed by atoms with E-state index in [-0.39, 0.29) is 17.7 Å². The van der Waals surface area contributed by atoms with Gasteiger partial charge in [0.2, 0.25) is 11.8 Å². The van der Waals surface area contributed by atoms with E-state index in [1.54, 1.807) is 6.07 Å². The highest BCUT2D eigenvalue weighted by molar-refractivity contribution is 7.17. The predicted molar refractivity (Wildman–Crippen MR) is 129 cm³/mol. The largest absolute Gasteiger partial charge is 0.365 e. The van der Waals surface area contributed by atoms with Crippen LogP contribution in [0.3, 0.4) is 0 Å². The second-order valence-electron chi connectivity index (χ2n) is 8.87. The van der Waals surface area contributed by atoms with E-state index in [0.29, 0.717) is 35.9 Å². The molecule has 9 heteroatoms. The van der Waals surface area contributed by atoms with Crippen LogP contribution in [-0.2, 0) is 22.4 Å². The van der Waals surface area contributed by atoms with Crippen LogP contribution in [0.25, 0.3) is 0 Å². The first kappa shape index (κ1) is 23.4. The minimum atomic E-state index is -0.474. The number of pyridine rings is 1. The Morgan fingerprint density at radius 1 is 1.18 bits per heavy atom. The number of nitrogens with two attached hydrogens (primary N) is 1. The number of primary amides is 1. The minimum Gasteiger partial charge on any atom is -0.365 e. The lowest BCUT2D eigenvalue weighted by Crippen LogP contribution is -2.41. The monoisotopic (exact) mass is 469 g/mol. The maximum Gasteiger partial charge on any atom is 0.251 e. The number of carbonyl (C=O) groups is 3. The van der Waals surface area contributed by atoms with Crippen LogP contribution in [0, 0.1) is 12.8 Å². The van der Waals surface area contributed by atoms with Gasteiger partial charge in [-0.25, -0.2) is 4.98 Å². The van der Waals surface area contributed by atoms with E-state index in [1.807, 2.05) is 19.1 Å². The number of amides is 3. The van der Waals surface area contributed by atoms with Crippen molar-refractivity contribution in [2.75, 3.05) is 30.3 Å². The number of nitrogens with one attached hydrogen (secondary N) is 2. The topological polar surface area (TPSA) is 117 Å². The Morgan fingerprint density at radius 3 is 2.79 bits per heavy atom. The maximum atomic E-state index is 12.7. The summed E-state index contributed by atoms with van der Waals surface area (Å²) >= 11 is 1.48. The van der Waals surface area contributed by atoms with Crippen molar-refractivity contribution in [2.45, 2.75) is 51.9 Å². The van der Waals surface area contributed by atoms with E-state index < -0.39 is 5.91 Å². The molecule has 1 aliphatic carbocycles. The van der Waals surface area contributed by atoms with Crippen molar-refractivity contribution in [1.29, 1.82) is 0 Å². The van der Waals surface area contributed by atoms with Gasteiger partial charge in [0, 0.05) is 30.1 Å². The highest BCUT2D eigenvalue weighted by Gasteiger charge is 2.27. The van der Waals surface area contributed by atoms with Crippen LogP contribution in [0.1, 0.15) is 58.6 Å². The molecule has 0 radical (unpaired) electrons. The molecule has 2 aromatic heterocycles. The van der Waals surface area contributed by atoms with E-state index in [4.69, 9.17) is 5.73 Å². The molecule has 0 saturated carbocycles. The number of piperidine rings is 1. The number of aromatic nitrogens is 1. The molecule has 3 heterocycles. The van der Waals surface area contributed by atoms with E-state index in [9.17, 15) is 14.4 Å². The molecular weight excluding hydrogens is 438 g/mol. The first-order valence-corrected chi connectivity index (χ1v) is 12.4. The summed E-state index contributed by atoms with van der Waals surface area (Å²) in [6.07, 6.45) is 5.95. The molecule has 1 aliphatic heterocycles. The molecule has 33 heavy (non-hydrogen) atoms. The second-order valence-corrected chi connectivity index (χ2v) is 9.98. The average Bonchev–Trinajstić information content (AvgIpc) is 3.16. The Balaban J connectivity index is 1.30. The fourth-order valence-corrected chi connectivity index (χ4v) is 5.99. The lowest BCUT2D eigenvalue weighted by molar-refractivity contribution is -0.121. The Labute approximate surface area is 197 Å². The number of rotatable bonds is 7. The summed E-state index contributed by atoms with van der Waals surface area (Å²) in [6.45, 7) is 3.93. The van der Waals surface area contributed by atoms with Crippen LogP contribution < -0.4 is 16.4 Å². The normalized spacial score (nSPS) is 18.4. The zero-order valence-corrected chi connectivity index (χ0v) is 19.8. The Morgan fingerprint density at radius 2 is 2.00 bits per heavy atom. The summed E-state index contributed by atoms with van der Waals surface area (Å²) in [5.41, 5.74) is 7.98. The number of anilines is 2. The summed E-state index contributed by atoms with van der Waals surface area (Å²) < 4.78 is 0. The summed E-state index contributed by atoms with van der Waals surface area (Å²) in [6, 6.07) is 5.55. The van der Waals surface area contributed by atoms with Gasteiger partial charge >= 0.3 is 0 Å². The number of aryl methyl sites for hydroxylation is 2. The van der Waals surface area contributed by atoms with Gasteiger partial charge in [-0.2, -0.15) is 0 Å². The zero-order chi connectivity index (χ0) is 23.4. The van der Waals surface area contributed by atoms with Crippen LogP contribution in [-0.4, -0.2) is 47.2 Å². The van der Waals surface area contributed by atoms with Crippen LogP contribution in [0.15, 0.2) is 18.2 Å². The van der Waals surface area contributed by atoms with Gasteiger partial charge in [-0.1, -0.05) is 6.07 Å². The summed E-state index contributed by atoms with van der Waals surface area (Å²) in [5.74, 6) is -0.197. The molecule has 8 nitrogen and oxygen atoms in total. The molecule has 2 aliphatic rings. The van der Waals surface area contributed by atoms with Crippen molar-refractivity contribution < 1.29 is 14.4 Å². The lowest BCUT2D eigenvalue weighted by atomic mass is 9.95. The summed E-state index contributed by atoms with van der Waals surface area (Å²) in [5, 5.41) is 6.42. The summed E-state index contributed by atoms with van der Waals surface area (Å²) in [4.78, 5) is 45.0. The SMILES string of the molecule is Cc1cccc(NC(=O)C2CCCN(CCC(=O)Nc3sc4c(c3C(N)=O)CCCC4)C2)n1. The van der Waals surface area contributed by atoms with Crippen LogP contribution >= 0.6 is 11.3 Å². The Hall–Kier alpha value is -2.78. The lowest BCUT2D eigenvalue weighted by Gasteiger charge is -2.31. The fraction of sp³-hybridized carbons (Fsp3) is 0.500. The molecule has 0 aromatic carbocycles. The molecule has 0 spiro atoms. The smallest absolute Gasteiger partial charge is 0.251 e. The molecular formula is C24H31N5O3S. The van der Waals surface area contributed by atoms with Crippen molar-refractivity contribution in [3.63, 3.8) is 0 Å². The second kappa shape index (κ2) is 10.4. The standard InChI is InChI=1S/C24H31N5O3S/c1-15-6-4-10-19(26-15)27-23(32)16-7-5-12-29(14-16)13-11-20(30)28-24-21(22(25)31)17-8-2-3-9-18(17)33-24/h4,6,10,16H,2-3,5,7-9,11-14H2,1H3,(H2,25,31)(H,28,30)(H,26,27,32). The molecule has 0 bridgehead atoms. The van der Waals surface area contributed by atoms with E-state index in [2.05, 4.69) is 20.5 Å². The van der Waals surface area contributed by atoms with Gasteiger partial charge in [0.15, 0.2) is 0 Å². The molecule has 1 unspecified atom stereocenters. The third kappa shape index (κ3) is 5.78. The van der Waals surface area contributed by atoms with Gasteiger partial charge < -0.3 is 21.3 Å². The van der Waals surface area contributed by atoms with Crippen molar-refractivity contribution in [3.8, 4) is 0 Å². The average molecular weight is 470 g/mol. The molecule has 2 aromatic rings. The van der Waals surface area contributed by atoms with Crippen molar-refractivity contribution in [1.82, 2.24) is 9.88 Å². The van der Waals surface area contributed by atoms with Crippen molar-refractivity contribution in [3.05, 3.63) is 39.9 Å². The number of carbonyl (C=O) groups excluding carboxylic acids is 3. The maximum absolute atomic E-state index is 12.7. The number of likely N-dealkylation sites (tertiary alicyclic amines) is 1. The van der Waals surface area contributed by atoms with Crippen LogP contribution in [0.2, 0.25) is 0 Å². The van der Waals surface area contributed by atoms with Crippen LogP contribution in [0.4, 0.5) is 10.8 Å². The number of hydrogen-bond donors (Lipinski definition) is 3. The number of nitrogens with zero attached hydrogens (tertiary/aromatic N) is 2. The van der Waals surface area contributed by atoms with Gasteiger partial charge in [-0.05, 0) is 69.7 Å². The quantitative estimate of drug-likeness (QED) is 0.576. The van der Waals surface area contributed by atoms with Gasteiger partial charge in [0.1, 0.15) is 10.8 Å². The molecule has 1 fully saturated rings. The number of hydrogen-bond acceptors (Lipinski definition) is 6. The minimum absolute atomic E-state index is 0.0301. The highest BCUT2D eigenvalue weighted by Crippen LogP contribution is 2.38. The summed E-state index contributed by atoms with van der Waals surface area (Å²) in [7, 11) is 0. The first-order valence-electron chi connectivity index (χ1n) is 11.6. The van der Waals surface area contributed by atoms with Crippen molar-refractivity contribution >= 4 is 39.9 Å².